The van der Waals surface area contributed by atoms with Crippen molar-refractivity contribution in [3.05, 3.63) is 22.4 Å². The maximum Gasteiger partial charge on any atom is 0.0453 e. The van der Waals surface area contributed by atoms with Gasteiger partial charge in [-0.1, -0.05) is 26.7 Å². The fraction of sp³-hybridized carbons (Fsp3) is 0.500. The van der Waals surface area contributed by atoms with Crippen molar-refractivity contribution in [2.45, 2.75) is 39.0 Å². The summed E-state index contributed by atoms with van der Waals surface area (Å²) in [6, 6.07) is 4.62. The minimum Gasteiger partial charge on any atom is -0.143 e. The summed E-state index contributed by atoms with van der Waals surface area (Å²) in [7, 11) is 0. The average Bonchev–Trinajstić information content (AvgIpc) is 2.72. The van der Waals surface area contributed by atoms with E-state index >= 15 is 0 Å². The monoisotopic (exact) mass is 224 g/mol. The normalized spacial score (nSPS) is 13.6. The second-order valence-corrected chi connectivity index (χ2v) is 5.90. The highest BCUT2D eigenvalue weighted by Gasteiger charge is 2.09. The molecule has 0 N–H and O–H groups in total. The number of fused-ring (bicyclic) bond motifs is 1. The second-order valence-electron chi connectivity index (χ2n) is 3.84. The van der Waals surface area contributed by atoms with E-state index in [1.807, 2.05) is 22.7 Å². The van der Waals surface area contributed by atoms with E-state index in [4.69, 9.17) is 0 Å². The van der Waals surface area contributed by atoms with Crippen LogP contribution in [-0.2, 0) is 0 Å². The predicted molar refractivity (Wildman–Crippen MR) is 67.6 cm³/mol. The lowest BCUT2D eigenvalue weighted by molar-refractivity contribution is 0.632. The zero-order valence-electron chi connectivity index (χ0n) is 8.75. The lowest BCUT2D eigenvalue weighted by atomic mass is 10.0. The largest absolute Gasteiger partial charge is 0.143 e. The van der Waals surface area contributed by atoms with Gasteiger partial charge < -0.3 is 0 Å². The number of rotatable bonds is 4. The first-order chi connectivity index (χ1) is 6.81. The molecular formula is C12H16S2. The Labute approximate surface area is 93.6 Å². The van der Waals surface area contributed by atoms with Crippen molar-refractivity contribution in [2.24, 2.45) is 0 Å². The summed E-state index contributed by atoms with van der Waals surface area (Å²) in [5.74, 6) is 0.750. The first-order valence-corrected chi connectivity index (χ1v) is 6.97. The smallest absolute Gasteiger partial charge is 0.0453 e. The second kappa shape index (κ2) is 4.45. The molecule has 14 heavy (non-hydrogen) atoms. The molecule has 76 valence electrons. The third kappa shape index (κ3) is 2.01. The van der Waals surface area contributed by atoms with Gasteiger partial charge in [-0.05, 0) is 29.9 Å². The Bertz CT molecular complexity index is 369. The topological polar surface area (TPSA) is 0 Å². The van der Waals surface area contributed by atoms with Crippen LogP contribution in [0.2, 0.25) is 0 Å². The highest BCUT2D eigenvalue weighted by atomic mass is 32.1. The molecule has 2 heteroatoms. The quantitative estimate of drug-likeness (QED) is 0.665. The highest BCUT2D eigenvalue weighted by molar-refractivity contribution is 7.26. The predicted octanol–water partition coefficient (Wildman–Crippen LogP) is 5.26. The van der Waals surface area contributed by atoms with Gasteiger partial charge in [0.15, 0.2) is 0 Å². The zero-order chi connectivity index (χ0) is 9.97. The molecule has 0 fully saturated rings. The molecule has 0 nitrogen and oxygen atoms in total. The minimum absolute atomic E-state index is 0.750. The van der Waals surface area contributed by atoms with Crippen molar-refractivity contribution in [3.63, 3.8) is 0 Å². The Morgan fingerprint density at radius 1 is 1.36 bits per heavy atom. The molecule has 0 aliphatic heterocycles. The van der Waals surface area contributed by atoms with Crippen molar-refractivity contribution in [3.8, 4) is 0 Å². The van der Waals surface area contributed by atoms with Crippen molar-refractivity contribution < 1.29 is 0 Å². The van der Waals surface area contributed by atoms with Gasteiger partial charge in [0.25, 0.3) is 0 Å². The molecule has 2 rings (SSSR count). The van der Waals surface area contributed by atoms with E-state index in [2.05, 4.69) is 31.4 Å². The van der Waals surface area contributed by atoms with Gasteiger partial charge in [-0.25, -0.2) is 0 Å². The molecule has 1 unspecified atom stereocenters. The van der Waals surface area contributed by atoms with E-state index in [1.54, 1.807) is 4.88 Å². The minimum atomic E-state index is 0.750. The van der Waals surface area contributed by atoms with Crippen molar-refractivity contribution in [2.75, 3.05) is 0 Å². The first-order valence-electron chi connectivity index (χ1n) is 5.28. The van der Waals surface area contributed by atoms with E-state index in [1.165, 1.54) is 28.7 Å². The molecule has 0 spiro atoms. The van der Waals surface area contributed by atoms with Gasteiger partial charge in [-0.3, -0.25) is 0 Å². The van der Waals surface area contributed by atoms with Crippen LogP contribution in [0, 0.1) is 0 Å². The fourth-order valence-electron chi connectivity index (χ4n) is 1.68. The molecule has 0 saturated heterocycles. The third-order valence-electron chi connectivity index (χ3n) is 2.63. The van der Waals surface area contributed by atoms with Gasteiger partial charge in [-0.15, -0.1) is 22.7 Å². The molecule has 0 saturated carbocycles. The van der Waals surface area contributed by atoms with Crippen LogP contribution in [-0.4, -0.2) is 0 Å². The van der Waals surface area contributed by atoms with Crippen LogP contribution in [0.3, 0.4) is 0 Å². The van der Waals surface area contributed by atoms with Gasteiger partial charge in [0, 0.05) is 14.3 Å². The van der Waals surface area contributed by atoms with Crippen molar-refractivity contribution >= 4 is 32.1 Å². The van der Waals surface area contributed by atoms with Crippen molar-refractivity contribution in [1.29, 1.82) is 0 Å². The summed E-state index contributed by atoms with van der Waals surface area (Å²) in [6.45, 7) is 4.62. The molecule has 0 aliphatic rings. The molecular weight excluding hydrogens is 208 g/mol. The average molecular weight is 224 g/mol. The van der Waals surface area contributed by atoms with E-state index in [0.717, 1.165) is 5.92 Å². The summed E-state index contributed by atoms with van der Waals surface area (Å²) in [4.78, 5) is 1.57. The van der Waals surface area contributed by atoms with E-state index in [-0.39, 0.29) is 0 Å². The van der Waals surface area contributed by atoms with Crippen LogP contribution >= 0.6 is 22.7 Å². The van der Waals surface area contributed by atoms with Gasteiger partial charge in [-0.2, -0.15) is 0 Å². The Balaban J connectivity index is 2.13. The molecule has 2 heterocycles. The molecule has 0 radical (unpaired) electrons. The van der Waals surface area contributed by atoms with E-state index in [0.29, 0.717) is 0 Å². The van der Waals surface area contributed by atoms with E-state index < -0.39 is 0 Å². The summed E-state index contributed by atoms with van der Waals surface area (Å²) in [5.41, 5.74) is 0. The lowest BCUT2D eigenvalue weighted by Gasteiger charge is -2.06. The van der Waals surface area contributed by atoms with Crippen LogP contribution in [0.5, 0.6) is 0 Å². The SMILES string of the molecule is CCCCC(C)c1cc2sccc2s1. The van der Waals surface area contributed by atoms with Crippen LogP contribution in [0.1, 0.15) is 43.9 Å². The molecule has 0 aromatic carbocycles. The van der Waals surface area contributed by atoms with E-state index in [9.17, 15) is 0 Å². The Morgan fingerprint density at radius 2 is 2.21 bits per heavy atom. The van der Waals surface area contributed by atoms with Gasteiger partial charge >= 0.3 is 0 Å². The van der Waals surface area contributed by atoms with Crippen LogP contribution in [0.15, 0.2) is 17.5 Å². The Hall–Kier alpha value is -0.340. The van der Waals surface area contributed by atoms with Gasteiger partial charge in [0.1, 0.15) is 0 Å². The Morgan fingerprint density at radius 3 is 2.93 bits per heavy atom. The summed E-state index contributed by atoms with van der Waals surface area (Å²) < 4.78 is 2.93. The molecule has 1 atom stereocenters. The number of hydrogen-bond donors (Lipinski definition) is 0. The van der Waals surface area contributed by atoms with Crippen LogP contribution < -0.4 is 0 Å². The number of unbranched alkanes of at least 4 members (excludes halogenated alkanes) is 1. The van der Waals surface area contributed by atoms with Gasteiger partial charge in [0.05, 0.1) is 0 Å². The lowest BCUT2D eigenvalue weighted by Crippen LogP contribution is -1.88. The molecule has 0 aliphatic carbocycles. The fourth-order valence-corrected chi connectivity index (χ4v) is 3.89. The third-order valence-corrected chi connectivity index (χ3v) is 4.96. The molecule has 2 aromatic rings. The summed E-state index contributed by atoms with van der Waals surface area (Å²) in [5, 5.41) is 2.18. The standard InChI is InChI=1S/C12H16S2/c1-3-4-5-9(2)11-8-12-10(14-11)6-7-13-12/h6-9H,3-5H2,1-2H3. The Kier molecular flexibility index (Phi) is 3.24. The molecule has 2 aromatic heterocycles. The van der Waals surface area contributed by atoms with Crippen molar-refractivity contribution in [1.82, 2.24) is 0 Å². The number of hydrogen-bond acceptors (Lipinski definition) is 2. The van der Waals surface area contributed by atoms with Crippen LogP contribution in [0.4, 0.5) is 0 Å². The highest BCUT2D eigenvalue weighted by Crippen LogP contribution is 2.35. The first kappa shape index (κ1) is 10.2. The number of thiophene rings is 2. The molecule has 0 bridgehead atoms. The summed E-state index contributed by atoms with van der Waals surface area (Å²) in [6.07, 6.45) is 4.00. The maximum atomic E-state index is 2.38. The summed E-state index contributed by atoms with van der Waals surface area (Å²) >= 11 is 3.83. The molecule has 0 amide bonds. The van der Waals surface area contributed by atoms with Crippen LogP contribution in [0.25, 0.3) is 9.40 Å². The maximum absolute atomic E-state index is 2.38. The van der Waals surface area contributed by atoms with Gasteiger partial charge in [0.2, 0.25) is 0 Å². The zero-order valence-corrected chi connectivity index (χ0v) is 10.4.